The lowest BCUT2D eigenvalue weighted by molar-refractivity contribution is 0.0995. The Hall–Kier alpha value is -3.53. The molecular weight excluding hydrogens is 294 g/mol. The Morgan fingerprint density at radius 2 is 2.09 bits per heavy atom. The number of oxime groups is 1. The summed E-state index contributed by atoms with van der Waals surface area (Å²) in [6, 6.07) is 9.18. The SMILES string of the molecule is C=CCO/N=C1\c2ccccc2-c2nc(C(N)=O)c(C#N)nc21. The van der Waals surface area contributed by atoms with Crippen LogP contribution in [0.5, 0.6) is 0 Å². The molecule has 112 valence electrons. The van der Waals surface area contributed by atoms with Gasteiger partial charge in [0.15, 0.2) is 11.4 Å². The van der Waals surface area contributed by atoms with Crippen LogP contribution in [-0.2, 0) is 4.84 Å². The Morgan fingerprint density at radius 1 is 1.35 bits per heavy atom. The summed E-state index contributed by atoms with van der Waals surface area (Å²) in [4.78, 5) is 25.1. The number of benzene rings is 1. The van der Waals surface area contributed by atoms with Crippen molar-refractivity contribution in [2.45, 2.75) is 0 Å². The molecule has 0 radical (unpaired) electrons. The molecule has 1 aromatic heterocycles. The summed E-state index contributed by atoms with van der Waals surface area (Å²) in [5, 5.41) is 13.2. The van der Waals surface area contributed by atoms with Gasteiger partial charge in [-0.25, -0.2) is 9.97 Å². The molecule has 0 saturated carbocycles. The van der Waals surface area contributed by atoms with E-state index in [4.69, 9.17) is 10.6 Å². The van der Waals surface area contributed by atoms with E-state index in [9.17, 15) is 10.1 Å². The maximum atomic E-state index is 11.5. The maximum Gasteiger partial charge on any atom is 0.270 e. The van der Waals surface area contributed by atoms with E-state index in [1.54, 1.807) is 6.08 Å². The second-order valence-corrected chi connectivity index (χ2v) is 4.66. The summed E-state index contributed by atoms with van der Waals surface area (Å²) in [5.74, 6) is -0.803. The molecule has 0 atom stereocenters. The van der Waals surface area contributed by atoms with Crippen molar-refractivity contribution in [3.63, 3.8) is 0 Å². The summed E-state index contributed by atoms with van der Waals surface area (Å²) < 4.78 is 0. The molecule has 0 aliphatic heterocycles. The third kappa shape index (κ3) is 2.32. The van der Waals surface area contributed by atoms with E-state index >= 15 is 0 Å². The molecule has 7 nitrogen and oxygen atoms in total. The Kier molecular flexibility index (Phi) is 3.57. The van der Waals surface area contributed by atoms with Gasteiger partial charge in [-0.15, -0.1) is 0 Å². The number of carbonyl (C=O) groups is 1. The van der Waals surface area contributed by atoms with Crippen LogP contribution in [0.1, 0.15) is 27.4 Å². The van der Waals surface area contributed by atoms with Crippen molar-refractivity contribution in [1.29, 1.82) is 5.26 Å². The Morgan fingerprint density at radius 3 is 2.74 bits per heavy atom. The molecule has 0 unspecified atom stereocenters. The highest BCUT2D eigenvalue weighted by Crippen LogP contribution is 2.35. The molecule has 0 fully saturated rings. The lowest BCUT2D eigenvalue weighted by Gasteiger charge is -2.03. The van der Waals surface area contributed by atoms with Crippen LogP contribution in [0.4, 0.5) is 0 Å². The monoisotopic (exact) mass is 305 g/mol. The highest BCUT2D eigenvalue weighted by Gasteiger charge is 2.31. The number of amides is 1. The van der Waals surface area contributed by atoms with Crippen LogP contribution < -0.4 is 5.73 Å². The smallest absolute Gasteiger partial charge is 0.270 e. The van der Waals surface area contributed by atoms with Gasteiger partial charge < -0.3 is 10.6 Å². The van der Waals surface area contributed by atoms with Gasteiger partial charge in [-0.05, 0) is 0 Å². The Balaban J connectivity index is 2.26. The van der Waals surface area contributed by atoms with Crippen LogP contribution in [0.15, 0.2) is 42.1 Å². The number of nitrogens with two attached hydrogens (primary N) is 1. The molecule has 2 N–H and O–H groups in total. The van der Waals surface area contributed by atoms with Gasteiger partial charge in [-0.2, -0.15) is 5.26 Å². The molecule has 1 heterocycles. The minimum Gasteiger partial charge on any atom is -0.391 e. The number of hydrogen-bond donors (Lipinski definition) is 1. The minimum absolute atomic E-state index is 0.138. The van der Waals surface area contributed by atoms with Gasteiger partial charge in [0.1, 0.15) is 29.8 Å². The van der Waals surface area contributed by atoms with Gasteiger partial charge in [0.2, 0.25) is 0 Å². The molecule has 0 spiro atoms. The van der Waals surface area contributed by atoms with E-state index in [-0.39, 0.29) is 18.0 Å². The first-order valence-corrected chi connectivity index (χ1v) is 6.70. The van der Waals surface area contributed by atoms with Gasteiger partial charge in [0.25, 0.3) is 5.91 Å². The molecule has 3 rings (SSSR count). The fraction of sp³-hybridized carbons (Fsp3) is 0.0625. The number of fused-ring (bicyclic) bond motifs is 3. The number of aromatic nitrogens is 2. The number of hydrogen-bond acceptors (Lipinski definition) is 6. The number of rotatable bonds is 4. The molecular formula is C16H11N5O2. The first-order valence-electron chi connectivity index (χ1n) is 6.70. The predicted octanol–water partition coefficient (Wildman–Crippen LogP) is 1.38. The number of primary amides is 1. The Labute approximate surface area is 131 Å². The average Bonchev–Trinajstić information content (AvgIpc) is 2.87. The van der Waals surface area contributed by atoms with Crippen molar-refractivity contribution >= 4 is 11.6 Å². The van der Waals surface area contributed by atoms with Crippen LogP contribution in [-0.4, -0.2) is 28.2 Å². The van der Waals surface area contributed by atoms with Crippen molar-refractivity contribution in [2.24, 2.45) is 10.9 Å². The van der Waals surface area contributed by atoms with E-state index in [0.29, 0.717) is 17.1 Å². The zero-order valence-electron chi connectivity index (χ0n) is 12.0. The van der Waals surface area contributed by atoms with Gasteiger partial charge >= 0.3 is 0 Å². The summed E-state index contributed by atoms with van der Waals surface area (Å²) >= 11 is 0. The molecule has 1 amide bonds. The van der Waals surface area contributed by atoms with Crippen LogP contribution in [0.2, 0.25) is 0 Å². The third-order valence-corrected chi connectivity index (χ3v) is 3.24. The van der Waals surface area contributed by atoms with Crippen molar-refractivity contribution in [2.75, 3.05) is 6.61 Å². The number of nitriles is 1. The van der Waals surface area contributed by atoms with Gasteiger partial charge in [0.05, 0.1) is 0 Å². The van der Waals surface area contributed by atoms with E-state index in [1.165, 1.54) is 0 Å². The lowest BCUT2D eigenvalue weighted by Crippen LogP contribution is -2.18. The largest absolute Gasteiger partial charge is 0.391 e. The quantitative estimate of drug-likeness (QED) is 0.444. The van der Waals surface area contributed by atoms with Crippen LogP contribution in [0.3, 0.4) is 0 Å². The standard InChI is InChI=1S/C16H11N5O2/c1-2-7-23-21-13-10-6-4-3-5-9(10)12-15(13)19-11(8-17)14(20-12)16(18)22/h2-6H,1,7H2,(H2,18,22)/b21-13+. The predicted molar refractivity (Wildman–Crippen MR) is 82.5 cm³/mol. The fourth-order valence-electron chi connectivity index (χ4n) is 2.31. The molecule has 23 heavy (non-hydrogen) atoms. The Bertz CT molecular complexity index is 896. The summed E-state index contributed by atoms with van der Waals surface area (Å²) in [7, 11) is 0. The molecule has 1 aliphatic rings. The molecule has 2 aromatic rings. The lowest BCUT2D eigenvalue weighted by atomic mass is 10.1. The zero-order chi connectivity index (χ0) is 16.4. The molecule has 1 aromatic carbocycles. The van der Waals surface area contributed by atoms with Crippen molar-refractivity contribution in [3.05, 3.63) is 59.6 Å². The van der Waals surface area contributed by atoms with Gasteiger partial charge in [0, 0.05) is 11.1 Å². The van der Waals surface area contributed by atoms with E-state index in [1.807, 2.05) is 30.3 Å². The topological polar surface area (TPSA) is 114 Å². The number of carbonyl (C=O) groups excluding carboxylic acids is 1. The van der Waals surface area contributed by atoms with Gasteiger partial charge in [-0.1, -0.05) is 42.1 Å². The first-order chi connectivity index (χ1) is 11.2. The van der Waals surface area contributed by atoms with E-state index in [2.05, 4.69) is 21.7 Å². The van der Waals surface area contributed by atoms with Crippen LogP contribution in [0, 0.1) is 11.3 Å². The van der Waals surface area contributed by atoms with Gasteiger partial charge in [-0.3, -0.25) is 4.79 Å². The fourth-order valence-corrected chi connectivity index (χ4v) is 2.31. The van der Waals surface area contributed by atoms with E-state index in [0.717, 1.165) is 11.1 Å². The summed E-state index contributed by atoms with van der Waals surface area (Å²) in [6.45, 7) is 3.79. The molecule has 0 bridgehead atoms. The highest BCUT2D eigenvalue weighted by atomic mass is 16.6. The number of nitrogens with zero attached hydrogens (tertiary/aromatic N) is 4. The normalized spacial score (nSPS) is 13.1. The maximum absolute atomic E-state index is 11.5. The highest BCUT2D eigenvalue weighted by molar-refractivity contribution is 6.22. The molecule has 0 saturated heterocycles. The van der Waals surface area contributed by atoms with E-state index < -0.39 is 5.91 Å². The second-order valence-electron chi connectivity index (χ2n) is 4.66. The van der Waals surface area contributed by atoms with Crippen LogP contribution >= 0.6 is 0 Å². The third-order valence-electron chi connectivity index (χ3n) is 3.24. The minimum atomic E-state index is -0.803. The first kappa shape index (κ1) is 14.4. The second kappa shape index (κ2) is 5.69. The van der Waals surface area contributed by atoms with Crippen LogP contribution in [0.25, 0.3) is 11.3 Å². The average molecular weight is 305 g/mol. The zero-order valence-corrected chi connectivity index (χ0v) is 12.0. The summed E-state index contributed by atoms with van der Waals surface area (Å²) in [5.41, 5.74) is 7.79. The van der Waals surface area contributed by atoms with Crippen molar-refractivity contribution < 1.29 is 9.63 Å². The summed E-state index contributed by atoms with van der Waals surface area (Å²) in [6.07, 6.45) is 1.56. The van der Waals surface area contributed by atoms with Crippen molar-refractivity contribution in [3.8, 4) is 17.3 Å². The molecule has 1 aliphatic carbocycles. The molecule has 7 heteroatoms. The van der Waals surface area contributed by atoms with Crippen molar-refractivity contribution in [1.82, 2.24) is 9.97 Å².